The molecule has 3 N–H and O–H groups in total. The Balaban J connectivity index is 2.04. The van der Waals surface area contributed by atoms with E-state index in [0.29, 0.717) is 18.7 Å². The first kappa shape index (κ1) is 16.5. The van der Waals surface area contributed by atoms with Crippen molar-refractivity contribution in [2.75, 3.05) is 6.54 Å². The lowest BCUT2D eigenvalue weighted by Crippen LogP contribution is -2.33. The molecule has 2 aromatic rings. The highest BCUT2D eigenvalue weighted by molar-refractivity contribution is 5.82. The minimum atomic E-state index is -0.743. The molecule has 0 unspecified atom stereocenters. The van der Waals surface area contributed by atoms with Crippen LogP contribution in [-0.4, -0.2) is 18.4 Å². The summed E-state index contributed by atoms with van der Waals surface area (Å²) in [4.78, 5) is 23.2. The van der Waals surface area contributed by atoms with Crippen molar-refractivity contribution in [1.29, 1.82) is 0 Å². The van der Waals surface area contributed by atoms with Crippen LogP contribution in [0.5, 0.6) is 5.75 Å². The molecule has 2 rings (SSSR count). The number of primary amides is 1. The molecule has 0 radical (unpaired) electrons. The number of hydrogen-bond donors (Lipinski definition) is 2. The lowest BCUT2D eigenvalue weighted by molar-refractivity contribution is -0.128. The van der Waals surface area contributed by atoms with E-state index in [1.54, 1.807) is 12.1 Å². The number of para-hydroxylation sites is 1. The van der Waals surface area contributed by atoms with Crippen molar-refractivity contribution in [3.8, 4) is 5.75 Å². The minimum Gasteiger partial charge on any atom is -0.476 e. The van der Waals surface area contributed by atoms with E-state index in [9.17, 15) is 9.59 Å². The van der Waals surface area contributed by atoms with Gasteiger partial charge < -0.3 is 15.8 Å². The maximum atomic E-state index is 12.4. The summed E-state index contributed by atoms with van der Waals surface area (Å²) in [7, 11) is 0. The maximum Gasteiger partial charge on any atom is 0.265 e. The second kappa shape index (κ2) is 8.58. The van der Waals surface area contributed by atoms with E-state index in [2.05, 4.69) is 5.32 Å². The Bertz CT molecular complexity index is 629. The first-order chi connectivity index (χ1) is 11.2. The normalized spacial score (nSPS) is 11.5. The lowest BCUT2D eigenvalue weighted by Gasteiger charge is -2.19. The number of nitrogens with two attached hydrogens (primary N) is 1. The number of amides is 2. The van der Waals surface area contributed by atoms with E-state index in [0.717, 1.165) is 5.56 Å². The van der Waals surface area contributed by atoms with E-state index in [-0.39, 0.29) is 18.2 Å². The van der Waals surface area contributed by atoms with Gasteiger partial charge in [-0.25, -0.2) is 0 Å². The quantitative estimate of drug-likeness (QED) is 0.733. The molecule has 0 saturated heterocycles. The molecule has 0 aromatic heterocycles. The van der Waals surface area contributed by atoms with E-state index in [1.807, 2.05) is 48.5 Å². The van der Waals surface area contributed by atoms with Gasteiger partial charge in [0.15, 0.2) is 0 Å². The van der Waals surface area contributed by atoms with Crippen molar-refractivity contribution >= 4 is 11.8 Å². The maximum absolute atomic E-state index is 12.4. The summed E-state index contributed by atoms with van der Waals surface area (Å²) in [6, 6.07) is 18.5. The fraction of sp³-hybridized carbons (Fsp3) is 0.222. The van der Waals surface area contributed by atoms with Crippen LogP contribution in [0.1, 0.15) is 24.5 Å². The average Bonchev–Trinajstić information content (AvgIpc) is 2.58. The van der Waals surface area contributed by atoms with Gasteiger partial charge in [0.2, 0.25) is 12.0 Å². The number of ether oxygens (including phenoxy) is 1. The van der Waals surface area contributed by atoms with Gasteiger partial charge in [-0.3, -0.25) is 9.59 Å². The summed E-state index contributed by atoms with van der Waals surface area (Å²) in [5.74, 6) is -0.00226. The molecule has 0 aliphatic carbocycles. The fourth-order valence-electron chi connectivity index (χ4n) is 2.10. The second-order valence-electron chi connectivity index (χ2n) is 5.08. The highest BCUT2D eigenvalue weighted by atomic mass is 16.5. The number of carbonyl (C=O) groups is 2. The molecule has 0 fully saturated rings. The number of rotatable bonds is 8. The molecule has 2 aromatic carbocycles. The molecule has 5 nitrogen and oxygen atoms in total. The number of benzene rings is 2. The van der Waals surface area contributed by atoms with E-state index in [4.69, 9.17) is 10.5 Å². The molecule has 1 atom stereocenters. The smallest absolute Gasteiger partial charge is 0.265 e. The fourth-order valence-corrected chi connectivity index (χ4v) is 2.10. The van der Waals surface area contributed by atoms with Crippen molar-refractivity contribution in [1.82, 2.24) is 5.32 Å². The van der Waals surface area contributed by atoms with Crippen LogP contribution in [-0.2, 0) is 9.59 Å². The van der Waals surface area contributed by atoms with Gasteiger partial charge in [-0.15, -0.1) is 0 Å². The zero-order valence-electron chi connectivity index (χ0n) is 12.8. The van der Waals surface area contributed by atoms with Gasteiger partial charge in [-0.2, -0.15) is 0 Å². The van der Waals surface area contributed by atoms with Crippen LogP contribution in [0.3, 0.4) is 0 Å². The molecule has 0 heterocycles. The average molecular weight is 312 g/mol. The highest BCUT2D eigenvalue weighted by Gasteiger charge is 2.22. The standard InChI is InChI=1S/C18H20N2O3/c19-16(21)12-7-13-20-18(22)17(14-8-3-1-4-9-14)23-15-10-5-2-6-11-15/h1-6,8-11,17H,7,12-13H2,(H2,19,21)(H,20,22)/t17-/m1/s1. The molecular weight excluding hydrogens is 292 g/mol. The molecular formula is C18H20N2O3. The molecule has 0 bridgehead atoms. The zero-order valence-corrected chi connectivity index (χ0v) is 12.8. The van der Waals surface area contributed by atoms with Crippen LogP contribution in [0.4, 0.5) is 0 Å². The summed E-state index contributed by atoms with van der Waals surface area (Å²) >= 11 is 0. The Kier molecular flexibility index (Phi) is 6.17. The summed E-state index contributed by atoms with van der Waals surface area (Å²) < 4.78 is 5.84. The summed E-state index contributed by atoms with van der Waals surface area (Å²) in [5.41, 5.74) is 5.85. The number of nitrogens with one attached hydrogen (secondary N) is 1. The predicted molar refractivity (Wildman–Crippen MR) is 87.7 cm³/mol. The van der Waals surface area contributed by atoms with Crippen LogP contribution in [0.25, 0.3) is 0 Å². The molecule has 0 aliphatic rings. The van der Waals surface area contributed by atoms with Crippen molar-refractivity contribution in [3.63, 3.8) is 0 Å². The van der Waals surface area contributed by atoms with Crippen LogP contribution in [0, 0.1) is 0 Å². The lowest BCUT2D eigenvalue weighted by atomic mass is 10.1. The molecule has 0 saturated carbocycles. The van der Waals surface area contributed by atoms with Crippen molar-refractivity contribution < 1.29 is 14.3 Å². The Labute approximate surface area is 135 Å². The van der Waals surface area contributed by atoms with Crippen molar-refractivity contribution in [2.45, 2.75) is 18.9 Å². The topological polar surface area (TPSA) is 81.4 Å². The third-order valence-corrected chi connectivity index (χ3v) is 3.24. The molecule has 0 aliphatic heterocycles. The van der Waals surface area contributed by atoms with Gasteiger partial charge in [0.1, 0.15) is 5.75 Å². The SMILES string of the molecule is NC(=O)CCCNC(=O)[C@H](Oc1ccccc1)c1ccccc1. The third-order valence-electron chi connectivity index (χ3n) is 3.24. The largest absolute Gasteiger partial charge is 0.476 e. The van der Waals surface area contributed by atoms with Gasteiger partial charge in [-0.1, -0.05) is 48.5 Å². The van der Waals surface area contributed by atoms with Gasteiger partial charge in [0, 0.05) is 18.5 Å². The highest BCUT2D eigenvalue weighted by Crippen LogP contribution is 2.21. The zero-order chi connectivity index (χ0) is 16.5. The third kappa shape index (κ3) is 5.47. The number of carbonyl (C=O) groups excluding carboxylic acids is 2. The Morgan fingerprint density at radius 3 is 2.22 bits per heavy atom. The summed E-state index contributed by atoms with van der Waals surface area (Å²) in [6.07, 6.45) is 0.0104. The van der Waals surface area contributed by atoms with Crippen LogP contribution in [0.2, 0.25) is 0 Å². The first-order valence-electron chi connectivity index (χ1n) is 7.49. The van der Waals surface area contributed by atoms with Gasteiger partial charge in [-0.05, 0) is 18.6 Å². The first-order valence-corrected chi connectivity index (χ1v) is 7.49. The molecule has 120 valence electrons. The summed E-state index contributed by atoms with van der Waals surface area (Å²) in [6.45, 7) is 0.378. The molecule has 0 spiro atoms. The van der Waals surface area contributed by atoms with Gasteiger partial charge in [0.25, 0.3) is 5.91 Å². The second-order valence-corrected chi connectivity index (χ2v) is 5.08. The predicted octanol–water partition coefficient (Wildman–Crippen LogP) is 2.19. The summed E-state index contributed by atoms with van der Waals surface area (Å²) in [5, 5.41) is 2.79. The molecule has 2 amide bonds. The Morgan fingerprint density at radius 1 is 1.00 bits per heavy atom. The van der Waals surface area contributed by atoms with Gasteiger partial charge in [0.05, 0.1) is 0 Å². The van der Waals surface area contributed by atoms with E-state index in [1.165, 1.54) is 0 Å². The van der Waals surface area contributed by atoms with E-state index < -0.39 is 6.10 Å². The monoisotopic (exact) mass is 312 g/mol. The van der Waals surface area contributed by atoms with Crippen molar-refractivity contribution in [2.24, 2.45) is 5.73 Å². The van der Waals surface area contributed by atoms with Gasteiger partial charge >= 0.3 is 0 Å². The molecule has 5 heteroatoms. The van der Waals surface area contributed by atoms with E-state index >= 15 is 0 Å². The number of hydrogen-bond acceptors (Lipinski definition) is 3. The van der Waals surface area contributed by atoms with Crippen LogP contribution >= 0.6 is 0 Å². The Hall–Kier alpha value is -2.82. The molecule has 23 heavy (non-hydrogen) atoms. The van der Waals surface area contributed by atoms with Crippen LogP contribution in [0.15, 0.2) is 60.7 Å². The Morgan fingerprint density at radius 2 is 1.61 bits per heavy atom. The van der Waals surface area contributed by atoms with Crippen LogP contribution < -0.4 is 15.8 Å². The minimum absolute atomic E-state index is 0.246. The van der Waals surface area contributed by atoms with Crippen molar-refractivity contribution in [3.05, 3.63) is 66.2 Å².